The lowest BCUT2D eigenvalue weighted by atomic mass is 10.1. The summed E-state index contributed by atoms with van der Waals surface area (Å²) in [6.07, 6.45) is 1.82. The average molecular weight is 482 g/mol. The van der Waals surface area contributed by atoms with Gasteiger partial charge in [-0.3, -0.25) is 14.0 Å². The SMILES string of the molecule is O=C1CN(S(=O)(=O)c2cccc(C(=O)Nc3c(-c4ccccc4)nc4sccn34)c2)CCN1. The number of nitrogens with zero attached hydrogens (tertiary/aromatic N) is 3. The Kier molecular flexibility index (Phi) is 5.44. The summed E-state index contributed by atoms with van der Waals surface area (Å²) in [6, 6.07) is 15.3. The Morgan fingerprint density at radius 2 is 1.94 bits per heavy atom. The first-order chi connectivity index (χ1) is 15.9. The van der Waals surface area contributed by atoms with E-state index >= 15 is 0 Å². The van der Waals surface area contributed by atoms with Gasteiger partial charge in [0, 0.05) is 35.8 Å². The van der Waals surface area contributed by atoms with Gasteiger partial charge in [-0.05, 0) is 18.2 Å². The van der Waals surface area contributed by atoms with Crippen molar-refractivity contribution in [1.29, 1.82) is 0 Å². The third kappa shape index (κ3) is 4.01. The molecular formula is C22H19N5O4S2. The first-order valence-corrected chi connectivity index (χ1v) is 12.4. The van der Waals surface area contributed by atoms with Gasteiger partial charge in [-0.2, -0.15) is 4.31 Å². The third-order valence-corrected chi connectivity index (χ3v) is 7.88. The van der Waals surface area contributed by atoms with Crippen molar-refractivity contribution in [3.63, 3.8) is 0 Å². The number of thiazole rings is 1. The van der Waals surface area contributed by atoms with Gasteiger partial charge < -0.3 is 10.6 Å². The molecule has 4 aromatic rings. The molecule has 2 N–H and O–H groups in total. The number of carbonyl (C=O) groups excluding carboxylic acids is 2. The fourth-order valence-electron chi connectivity index (χ4n) is 3.65. The van der Waals surface area contributed by atoms with Crippen molar-refractivity contribution in [2.24, 2.45) is 0 Å². The molecular weight excluding hydrogens is 462 g/mol. The number of amides is 2. The Balaban J connectivity index is 1.47. The van der Waals surface area contributed by atoms with Crippen LogP contribution in [0.25, 0.3) is 16.2 Å². The lowest BCUT2D eigenvalue weighted by molar-refractivity contribution is -0.122. The number of fused-ring (bicyclic) bond motifs is 1. The number of anilines is 1. The van der Waals surface area contributed by atoms with Crippen LogP contribution in [0.2, 0.25) is 0 Å². The number of rotatable bonds is 5. The van der Waals surface area contributed by atoms with Gasteiger partial charge in [0.25, 0.3) is 5.91 Å². The summed E-state index contributed by atoms with van der Waals surface area (Å²) in [5.41, 5.74) is 1.66. The van der Waals surface area contributed by atoms with Crippen LogP contribution in [-0.2, 0) is 14.8 Å². The van der Waals surface area contributed by atoms with Crippen molar-refractivity contribution in [2.45, 2.75) is 4.90 Å². The van der Waals surface area contributed by atoms with Crippen LogP contribution in [0.15, 0.2) is 71.1 Å². The van der Waals surface area contributed by atoms with Crippen molar-refractivity contribution in [3.8, 4) is 11.3 Å². The molecule has 0 atom stereocenters. The molecule has 1 saturated heterocycles. The number of benzene rings is 2. The van der Waals surface area contributed by atoms with Crippen LogP contribution in [0.3, 0.4) is 0 Å². The predicted molar refractivity (Wildman–Crippen MR) is 125 cm³/mol. The van der Waals surface area contributed by atoms with Gasteiger partial charge in [0.1, 0.15) is 11.5 Å². The van der Waals surface area contributed by atoms with E-state index in [1.54, 1.807) is 10.5 Å². The molecule has 0 unspecified atom stereocenters. The van der Waals surface area contributed by atoms with E-state index in [0.717, 1.165) is 14.8 Å². The maximum atomic E-state index is 13.1. The van der Waals surface area contributed by atoms with Crippen LogP contribution < -0.4 is 10.6 Å². The minimum absolute atomic E-state index is 0.0397. The molecule has 0 radical (unpaired) electrons. The van der Waals surface area contributed by atoms with Gasteiger partial charge in [-0.1, -0.05) is 36.4 Å². The lowest BCUT2D eigenvalue weighted by Crippen LogP contribution is -2.49. The molecule has 1 aliphatic rings. The highest BCUT2D eigenvalue weighted by atomic mass is 32.2. The molecule has 0 spiro atoms. The topological polar surface area (TPSA) is 113 Å². The van der Waals surface area contributed by atoms with Crippen molar-refractivity contribution >= 4 is 44.0 Å². The number of aromatic nitrogens is 2. The minimum atomic E-state index is -3.91. The first kappa shape index (κ1) is 21.3. The summed E-state index contributed by atoms with van der Waals surface area (Å²) in [5, 5.41) is 7.37. The van der Waals surface area contributed by atoms with E-state index in [2.05, 4.69) is 15.6 Å². The van der Waals surface area contributed by atoms with Crippen LogP contribution in [-0.4, -0.2) is 53.6 Å². The number of piperazine rings is 1. The Morgan fingerprint density at radius 1 is 1.12 bits per heavy atom. The number of hydrogen-bond donors (Lipinski definition) is 2. The van der Waals surface area contributed by atoms with Crippen molar-refractivity contribution < 1.29 is 18.0 Å². The van der Waals surface area contributed by atoms with E-state index < -0.39 is 15.9 Å². The Labute approximate surface area is 193 Å². The van der Waals surface area contributed by atoms with E-state index in [1.807, 2.05) is 41.9 Å². The van der Waals surface area contributed by atoms with Crippen LogP contribution in [0.4, 0.5) is 5.82 Å². The van der Waals surface area contributed by atoms with E-state index in [0.29, 0.717) is 11.5 Å². The van der Waals surface area contributed by atoms with Crippen LogP contribution in [0.1, 0.15) is 10.4 Å². The molecule has 11 heteroatoms. The fraction of sp³-hybridized carbons (Fsp3) is 0.136. The molecule has 3 heterocycles. The second kappa shape index (κ2) is 8.43. The molecule has 0 saturated carbocycles. The normalized spacial score (nSPS) is 14.8. The second-order valence-corrected chi connectivity index (χ2v) is 10.2. The summed E-state index contributed by atoms with van der Waals surface area (Å²) >= 11 is 1.44. The first-order valence-electron chi connectivity index (χ1n) is 10.1. The summed E-state index contributed by atoms with van der Waals surface area (Å²) < 4.78 is 28.9. The number of nitrogens with one attached hydrogen (secondary N) is 2. The fourth-order valence-corrected chi connectivity index (χ4v) is 5.81. The maximum absolute atomic E-state index is 13.1. The molecule has 5 rings (SSSR count). The van der Waals surface area contributed by atoms with Crippen LogP contribution in [0, 0.1) is 0 Å². The van der Waals surface area contributed by atoms with E-state index in [1.165, 1.54) is 29.5 Å². The molecule has 33 heavy (non-hydrogen) atoms. The summed E-state index contributed by atoms with van der Waals surface area (Å²) in [5.74, 6) is -0.315. The standard InChI is InChI=1S/C22H19N5O4S2/c28-18-14-26(10-9-23-18)33(30,31)17-8-4-7-16(13-17)21(29)25-20-19(15-5-2-1-3-6-15)24-22-27(20)11-12-32-22/h1-8,11-13H,9-10,14H2,(H,23,28)(H,25,29). The predicted octanol–water partition coefficient (Wildman–Crippen LogP) is 2.44. The van der Waals surface area contributed by atoms with Gasteiger partial charge >= 0.3 is 0 Å². The van der Waals surface area contributed by atoms with Gasteiger partial charge in [0.2, 0.25) is 15.9 Å². The molecule has 168 valence electrons. The zero-order valence-corrected chi connectivity index (χ0v) is 18.9. The molecule has 0 aliphatic carbocycles. The summed E-state index contributed by atoms with van der Waals surface area (Å²) in [4.78, 5) is 30.1. The van der Waals surface area contributed by atoms with E-state index in [9.17, 15) is 18.0 Å². The van der Waals surface area contributed by atoms with Crippen LogP contribution >= 0.6 is 11.3 Å². The summed E-state index contributed by atoms with van der Waals surface area (Å²) in [7, 11) is -3.91. The zero-order chi connectivity index (χ0) is 23.0. The number of sulfonamides is 1. The lowest BCUT2D eigenvalue weighted by Gasteiger charge is -2.26. The van der Waals surface area contributed by atoms with Gasteiger partial charge in [0.15, 0.2) is 4.96 Å². The number of imidazole rings is 1. The molecule has 2 amide bonds. The Hall–Kier alpha value is -3.54. The monoisotopic (exact) mass is 481 g/mol. The average Bonchev–Trinajstić information content (AvgIpc) is 3.42. The van der Waals surface area contributed by atoms with E-state index in [-0.39, 0.29) is 36.0 Å². The van der Waals surface area contributed by atoms with E-state index in [4.69, 9.17) is 0 Å². The smallest absolute Gasteiger partial charge is 0.256 e. The zero-order valence-electron chi connectivity index (χ0n) is 17.3. The van der Waals surface area contributed by atoms with Gasteiger partial charge in [0.05, 0.1) is 11.4 Å². The Morgan fingerprint density at radius 3 is 2.73 bits per heavy atom. The molecule has 2 aromatic carbocycles. The number of carbonyl (C=O) groups is 2. The summed E-state index contributed by atoms with van der Waals surface area (Å²) in [6.45, 7) is 0.181. The third-order valence-electron chi connectivity index (χ3n) is 5.28. The Bertz CT molecular complexity index is 1460. The molecule has 2 aromatic heterocycles. The van der Waals surface area contributed by atoms with Gasteiger partial charge in [-0.25, -0.2) is 13.4 Å². The molecule has 1 fully saturated rings. The highest BCUT2D eigenvalue weighted by Crippen LogP contribution is 2.31. The molecule has 0 bridgehead atoms. The van der Waals surface area contributed by atoms with Crippen LogP contribution in [0.5, 0.6) is 0 Å². The quantitative estimate of drug-likeness (QED) is 0.455. The van der Waals surface area contributed by atoms with Gasteiger partial charge in [-0.15, -0.1) is 11.3 Å². The highest BCUT2D eigenvalue weighted by Gasteiger charge is 2.29. The number of hydrogen-bond acceptors (Lipinski definition) is 6. The van der Waals surface area contributed by atoms with Crippen molar-refractivity contribution in [1.82, 2.24) is 19.0 Å². The second-order valence-electron chi connectivity index (χ2n) is 7.40. The minimum Gasteiger partial charge on any atom is -0.354 e. The molecule has 9 nitrogen and oxygen atoms in total. The highest BCUT2D eigenvalue weighted by molar-refractivity contribution is 7.89. The largest absolute Gasteiger partial charge is 0.354 e. The molecule has 1 aliphatic heterocycles. The maximum Gasteiger partial charge on any atom is 0.256 e. The van der Waals surface area contributed by atoms with Crippen molar-refractivity contribution in [2.75, 3.05) is 25.0 Å². The van der Waals surface area contributed by atoms with Crippen molar-refractivity contribution in [3.05, 3.63) is 71.7 Å².